The van der Waals surface area contributed by atoms with E-state index >= 15 is 0 Å². The Hall–Kier alpha value is -2.85. The number of rotatable bonds is 11. The first kappa shape index (κ1) is 45.3. The molecule has 52 heavy (non-hydrogen) atoms. The number of carbonyl (C=O) groups is 1. The summed E-state index contributed by atoms with van der Waals surface area (Å²) in [5.74, 6) is -4.00. The smallest absolute Gasteiger partial charge is 0.744 e. The van der Waals surface area contributed by atoms with E-state index in [0.29, 0.717) is 0 Å². The molecule has 0 bridgehead atoms. The minimum Gasteiger partial charge on any atom is -0.744 e. The zero-order chi connectivity index (χ0) is 35.7. The van der Waals surface area contributed by atoms with Crippen LogP contribution >= 0.6 is 0 Å². The Kier molecular flexibility index (Phi) is 16.1. The van der Waals surface area contributed by atoms with Crippen LogP contribution < -0.4 is 103 Å². The quantitative estimate of drug-likeness (QED) is 0.0359. The van der Waals surface area contributed by atoms with Gasteiger partial charge in [-0.15, -0.1) is 10.2 Å². The number of phenolic OH excluding ortho intramolecular Hbond substituents is 1. The summed E-state index contributed by atoms with van der Waals surface area (Å²) in [6.45, 7) is 0. The Morgan fingerprint density at radius 3 is 2.06 bits per heavy atom. The number of carboxylic acid groups (broad SMARTS) is 1. The van der Waals surface area contributed by atoms with Gasteiger partial charge in [0.15, 0.2) is 17.2 Å². The monoisotopic (exact) mass is 799 g/mol. The molecule has 0 radical (unpaired) electrons. The van der Waals surface area contributed by atoms with Gasteiger partial charge in [0.05, 0.1) is 21.0 Å². The Labute approximate surface area is 362 Å². The third kappa shape index (κ3) is 11.1. The Morgan fingerprint density at radius 2 is 1.44 bits per heavy atom. The van der Waals surface area contributed by atoms with Crippen LogP contribution in [0, 0.1) is 0 Å². The predicted molar refractivity (Wildman–Crippen MR) is 163 cm³/mol. The molecular weight excluding hydrogens is 783 g/mol. The number of aromatic hydroxyl groups is 2. The first-order valence-corrected chi connectivity index (χ1v) is 16.7. The summed E-state index contributed by atoms with van der Waals surface area (Å²) in [6.07, 6.45) is 0. The normalized spacial score (nSPS) is 11.8. The number of aromatic carboxylic acids is 1. The Morgan fingerprint density at radius 1 is 0.808 bits per heavy atom. The molecule has 5 N–H and O–H groups in total. The van der Waals surface area contributed by atoms with E-state index in [4.69, 9.17) is 4.18 Å². The van der Waals surface area contributed by atoms with Crippen LogP contribution in [0.1, 0.15) is 10.4 Å². The average Bonchev–Trinajstić information content (AvgIpc) is 2.99. The largest absolute Gasteiger partial charge is 1.00 e. The van der Waals surface area contributed by atoms with Gasteiger partial charge in [0.1, 0.15) is 37.3 Å². The Bertz CT molecular complexity index is 2440. The standard InChI is InChI=1S/C26H19N7O13S3.3Na/c34-22-20-12(9-19(46-47(38)39)21(22)33-32-17-7-2-1-6-16(17)23(35)36)8-15(49(43,44)45)11-18(20)28-25-29-24(30-26(37)31-25)27-13-4-3-5-14(10-13)48(40,41)42;;;/h1-11,34H,(H,35,36)(H,38,39)(H,40,41,42)(H,43,44,45)(H3,27,28,29,30,31,37);;;/q;3*+1/p-3. The summed E-state index contributed by atoms with van der Waals surface area (Å²) in [7, 11) is -10.1. The van der Waals surface area contributed by atoms with E-state index in [9.17, 15) is 54.8 Å². The van der Waals surface area contributed by atoms with E-state index in [1.54, 1.807) is 0 Å². The second-order valence-corrected chi connectivity index (χ2v) is 12.8. The molecule has 254 valence electrons. The van der Waals surface area contributed by atoms with Crippen LogP contribution in [-0.2, 0) is 31.6 Å². The number of hydrogen-bond donors (Lipinski definition) is 5. The van der Waals surface area contributed by atoms with Crippen LogP contribution in [-0.4, -0.2) is 70.9 Å². The van der Waals surface area contributed by atoms with Crippen molar-refractivity contribution in [2.45, 2.75) is 9.79 Å². The fraction of sp³-hybridized carbons (Fsp3) is 0. The van der Waals surface area contributed by atoms with Crippen LogP contribution in [0.3, 0.4) is 0 Å². The molecule has 0 saturated carbocycles. The second kappa shape index (κ2) is 18.5. The number of hydrogen-bond acceptors (Lipinski definition) is 19. The van der Waals surface area contributed by atoms with Crippen molar-refractivity contribution in [2.75, 3.05) is 10.6 Å². The molecule has 0 saturated heterocycles. The van der Waals surface area contributed by atoms with E-state index in [1.165, 1.54) is 36.4 Å². The molecule has 1 heterocycles. The van der Waals surface area contributed by atoms with Crippen molar-refractivity contribution in [3.63, 3.8) is 0 Å². The molecule has 0 amide bonds. The summed E-state index contributed by atoms with van der Waals surface area (Å²) < 4.78 is 98.0. The van der Waals surface area contributed by atoms with Crippen LogP contribution in [0.5, 0.6) is 17.5 Å². The maximum Gasteiger partial charge on any atom is 1.00 e. The van der Waals surface area contributed by atoms with Crippen molar-refractivity contribution >= 4 is 83.0 Å². The van der Waals surface area contributed by atoms with Crippen LogP contribution in [0.2, 0.25) is 0 Å². The van der Waals surface area contributed by atoms with E-state index in [-0.39, 0.29) is 116 Å². The SMILES string of the molecule is O=C(O)c1ccccc1N=Nc1c(OS(=O)[O-])cc2cc(S(=O)(=O)[O-])cc(Nc3nc(O)nc(Nc4cccc(S(=O)(=O)[O-])c4)n3)c2c1O.[Na+].[Na+].[Na+]. The average molecular weight is 800 g/mol. The third-order valence-electron chi connectivity index (χ3n) is 6.21. The fourth-order valence-corrected chi connectivity index (χ4v) is 5.56. The van der Waals surface area contributed by atoms with Gasteiger partial charge in [-0.2, -0.15) is 15.0 Å². The molecule has 1 atom stereocenters. The summed E-state index contributed by atoms with van der Waals surface area (Å²) >= 11 is -3.29. The van der Waals surface area contributed by atoms with Crippen molar-refractivity contribution in [1.82, 2.24) is 15.0 Å². The molecule has 5 aromatic rings. The first-order chi connectivity index (χ1) is 23.0. The molecular formula is C26H16N7Na3O13S3. The number of benzene rings is 4. The molecule has 0 aliphatic carbocycles. The molecule has 26 heteroatoms. The van der Waals surface area contributed by atoms with Crippen molar-refractivity contribution in [3.8, 4) is 17.5 Å². The number of aromatic nitrogens is 3. The van der Waals surface area contributed by atoms with Gasteiger partial charge in [0.2, 0.25) is 11.9 Å². The molecule has 20 nitrogen and oxygen atoms in total. The van der Waals surface area contributed by atoms with Gasteiger partial charge in [-0.25, -0.2) is 25.8 Å². The van der Waals surface area contributed by atoms with Gasteiger partial charge < -0.3 is 43.8 Å². The van der Waals surface area contributed by atoms with Gasteiger partial charge in [-0.05, 0) is 53.9 Å². The van der Waals surface area contributed by atoms with Crippen molar-refractivity contribution < 1.29 is 148 Å². The molecule has 1 unspecified atom stereocenters. The maximum atomic E-state index is 12.0. The van der Waals surface area contributed by atoms with Crippen LogP contribution in [0.15, 0.2) is 86.7 Å². The van der Waals surface area contributed by atoms with Crippen molar-refractivity contribution in [2.24, 2.45) is 10.2 Å². The minimum absolute atomic E-state index is 0. The fourth-order valence-electron chi connectivity index (χ4n) is 4.24. The summed E-state index contributed by atoms with van der Waals surface area (Å²) in [5.41, 5.74) is -1.66. The van der Waals surface area contributed by atoms with E-state index in [0.717, 1.165) is 30.3 Å². The first-order valence-electron chi connectivity index (χ1n) is 12.9. The molecule has 5 rings (SSSR count). The number of nitrogens with one attached hydrogen (secondary N) is 2. The predicted octanol–water partition coefficient (Wildman–Crippen LogP) is -5.97. The molecule has 0 aliphatic rings. The number of anilines is 4. The summed E-state index contributed by atoms with van der Waals surface area (Å²) in [4.78, 5) is 21.4. The maximum absolute atomic E-state index is 12.0. The summed E-state index contributed by atoms with van der Waals surface area (Å²) in [5, 5.41) is 42.9. The number of nitrogens with zero attached hydrogens (tertiary/aromatic N) is 5. The van der Waals surface area contributed by atoms with Gasteiger partial charge in [0, 0.05) is 11.1 Å². The van der Waals surface area contributed by atoms with Gasteiger partial charge in [-0.1, -0.05) is 18.2 Å². The molecule has 0 fully saturated rings. The molecule has 4 aromatic carbocycles. The Balaban J connectivity index is 0.00000312. The van der Waals surface area contributed by atoms with E-state index in [2.05, 4.69) is 35.8 Å². The second-order valence-electron chi connectivity index (χ2n) is 9.42. The number of azo groups is 1. The topological polar surface area (TPSA) is 329 Å². The minimum atomic E-state index is -5.22. The molecule has 0 aliphatic heterocycles. The molecule has 0 spiro atoms. The third-order valence-corrected chi connectivity index (χ3v) is 8.17. The van der Waals surface area contributed by atoms with Crippen LogP contribution in [0.4, 0.5) is 34.6 Å². The zero-order valence-electron chi connectivity index (χ0n) is 26.7. The summed E-state index contributed by atoms with van der Waals surface area (Å²) in [6, 6.07) is 11.3. The van der Waals surface area contributed by atoms with Crippen LogP contribution in [0.25, 0.3) is 10.8 Å². The van der Waals surface area contributed by atoms with Crippen molar-refractivity contribution in [3.05, 3.63) is 72.3 Å². The number of carboxylic acids is 1. The van der Waals surface area contributed by atoms with Crippen molar-refractivity contribution in [1.29, 1.82) is 0 Å². The van der Waals surface area contributed by atoms with Gasteiger partial charge >= 0.3 is 101 Å². The van der Waals surface area contributed by atoms with Gasteiger partial charge in [-0.3, -0.25) is 0 Å². The molecule has 1 aromatic heterocycles. The zero-order valence-corrected chi connectivity index (χ0v) is 35.2. The van der Waals surface area contributed by atoms with E-state index < -0.39 is 88.1 Å². The number of fused-ring (bicyclic) bond motifs is 1. The van der Waals surface area contributed by atoms with Gasteiger partial charge in [0.25, 0.3) is 0 Å². The van der Waals surface area contributed by atoms with E-state index in [1.807, 2.05) is 0 Å². The number of phenols is 1.